The van der Waals surface area contributed by atoms with Gasteiger partial charge in [0.2, 0.25) is 0 Å². The molecule has 1 aromatic carbocycles. The van der Waals surface area contributed by atoms with Gasteiger partial charge >= 0.3 is 0 Å². The number of ether oxygens (including phenoxy) is 1. The Labute approximate surface area is 90.8 Å². The van der Waals surface area contributed by atoms with E-state index in [0.29, 0.717) is 5.75 Å². The molecule has 0 saturated heterocycles. The molecule has 0 spiro atoms. The molecule has 0 aliphatic rings. The summed E-state index contributed by atoms with van der Waals surface area (Å²) in [6.07, 6.45) is 0. The molecular formula is C9H8ClNO4. The number of hydrogen-bond donors (Lipinski definition) is 0. The average Bonchev–Trinajstić information content (AvgIpc) is 2.26. The van der Waals surface area contributed by atoms with Crippen LogP contribution in [0.1, 0.15) is 0 Å². The second-order valence-electron chi connectivity index (χ2n) is 2.71. The number of carbonyl (C=O) groups is 1. The van der Waals surface area contributed by atoms with Gasteiger partial charge in [0, 0.05) is 12.1 Å². The standard InChI is InChI=1S/C9H8ClNO4/c10-5-8(12)6-15-9-3-1-7(2-4-9)11(13)14/h1-4H,5-6H2. The molecule has 6 heteroatoms. The van der Waals surface area contributed by atoms with Gasteiger partial charge in [-0.25, -0.2) is 0 Å². The van der Waals surface area contributed by atoms with Crippen molar-refractivity contribution in [1.29, 1.82) is 0 Å². The first kappa shape index (κ1) is 11.5. The first-order valence-corrected chi connectivity index (χ1v) is 4.62. The van der Waals surface area contributed by atoms with E-state index in [1.807, 2.05) is 0 Å². The number of non-ortho nitro benzene ring substituents is 1. The maximum Gasteiger partial charge on any atom is 0.269 e. The SMILES string of the molecule is O=C(CCl)COc1ccc([N+](=O)[O-])cc1. The molecular weight excluding hydrogens is 222 g/mol. The third kappa shape index (κ3) is 3.55. The van der Waals surface area contributed by atoms with Gasteiger partial charge < -0.3 is 4.74 Å². The fraction of sp³-hybridized carbons (Fsp3) is 0.222. The summed E-state index contributed by atoms with van der Waals surface area (Å²) >= 11 is 5.27. The molecule has 5 nitrogen and oxygen atoms in total. The fourth-order valence-corrected chi connectivity index (χ4v) is 0.944. The van der Waals surface area contributed by atoms with Crippen molar-refractivity contribution in [3.8, 4) is 5.75 Å². The van der Waals surface area contributed by atoms with Gasteiger partial charge in [-0.15, -0.1) is 11.6 Å². The van der Waals surface area contributed by atoms with Crippen LogP contribution in [0.5, 0.6) is 5.75 Å². The number of ketones is 1. The number of alkyl halides is 1. The van der Waals surface area contributed by atoms with Crippen LogP contribution in [0, 0.1) is 10.1 Å². The van der Waals surface area contributed by atoms with Crippen LogP contribution in [0.3, 0.4) is 0 Å². The van der Waals surface area contributed by atoms with Crippen LogP contribution in [0.15, 0.2) is 24.3 Å². The minimum Gasteiger partial charge on any atom is -0.486 e. The maximum atomic E-state index is 10.8. The van der Waals surface area contributed by atoms with E-state index < -0.39 is 4.92 Å². The largest absolute Gasteiger partial charge is 0.486 e. The number of nitrogens with zero attached hydrogens (tertiary/aromatic N) is 1. The summed E-state index contributed by atoms with van der Waals surface area (Å²) in [6.45, 7) is -0.124. The molecule has 80 valence electrons. The van der Waals surface area contributed by atoms with Gasteiger partial charge in [0.25, 0.3) is 5.69 Å². The van der Waals surface area contributed by atoms with E-state index in [1.54, 1.807) is 0 Å². The van der Waals surface area contributed by atoms with Crippen molar-refractivity contribution in [2.24, 2.45) is 0 Å². The van der Waals surface area contributed by atoms with Crippen LogP contribution in [0.2, 0.25) is 0 Å². The van der Waals surface area contributed by atoms with Crippen molar-refractivity contribution in [2.75, 3.05) is 12.5 Å². The summed E-state index contributed by atoms with van der Waals surface area (Å²) in [7, 11) is 0. The predicted molar refractivity (Wildman–Crippen MR) is 54.3 cm³/mol. The van der Waals surface area contributed by atoms with E-state index in [-0.39, 0.29) is 24.0 Å². The normalized spacial score (nSPS) is 9.67. The minimum atomic E-state index is -0.506. The Morgan fingerprint density at radius 1 is 1.40 bits per heavy atom. The summed E-state index contributed by atoms with van der Waals surface area (Å²) in [5, 5.41) is 10.3. The number of halogens is 1. The minimum absolute atomic E-state index is 0.0222. The summed E-state index contributed by atoms with van der Waals surface area (Å²) < 4.78 is 5.04. The van der Waals surface area contributed by atoms with Crippen LogP contribution < -0.4 is 4.74 Å². The van der Waals surface area contributed by atoms with E-state index in [1.165, 1.54) is 24.3 Å². The van der Waals surface area contributed by atoms with Gasteiger partial charge in [0.15, 0.2) is 5.78 Å². The molecule has 15 heavy (non-hydrogen) atoms. The van der Waals surface area contributed by atoms with Gasteiger partial charge in [-0.2, -0.15) is 0 Å². The maximum absolute atomic E-state index is 10.8. The molecule has 0 aromatic heterocycles. The highest BCUT2D eigenvalue weighted by atomic mass is 35.5. The first-order valence-electron chi connectivity index (χ1n) is 4.08. The zero-order valence-corrected chi connectivity index (χ0v) is 8.44. The molecule has 0 unspecified atom stereocenters. The number of nitro benzene ring substituents is 1. The van der Waals surface area contributed by atoms with Gasteiger partial charge in [-0.1, -0.05) is 0 Å². The third-order valence-corrected chi connectivity index (χ3v) is 1.89. The number of rotatable bonds is 5. The van der Waals surface area contributed by atoms with Crippen molar-refractivity contribution in [3.63, 3.8) is 0 Å². The molecule has 0 saturated carbocycles. The van der Waals surface area contributed by atoms with Crippen LogP contribution in [-0.4, -0.2) is 23.2 Å². The Bertz CT molecular complexity index is 363. The number of carbonyl (C=O) groups excluding carboxylic acids is 1. The summed E-state index contributed by atoms with van der Waals surface area (Å²) in [5.41, 5.74) is -0.0222. The van der Waals surface area contributed by atoms with Crippen molar-refractivity contribution < 1.29 is 14.5 Å². The number of hydrogen-bond acceptors (Lipinski definition) is 4. The molecule has 0 radical (unpaired) electrons. The zero-order chi connectivity index (χ0) is 11.3. The third-order valence-electron chi connectivity index (χ3n) is 1.60. The second-order valence-corrected chi connectivity index (χ2v) is 2.98. The Morgan fingerprint density at radius 3 is 2.47 bits per heavy atom. The van der Waals surface area contributed by atoms with Gasteiger partial charge in [0.05, 0.1) is 10.8 Å². The number of Topliss-reactive ketones (excluding diaryl/α,β-unsaturated/α-hetero) is 1. The van der Waals surface area contributed by atoms with Crippen LogP contribution in [0.25, 0.3) is 0 Å². The lowest BCUT2D eigenvalue weighted by molar-refractivity contribution is -0.384. The molecule has 0 atom stereocenters. The smallest absolute Gasteiger partial charge is 0.269 e. The van der Waals surface area contributed by atoms with Crippen LogP contribution in [-0.2, 0) is 4.79 Å². The van der Waals surface area contributed by atoms with Crippen molar-refractivity contribution in [1.82, 2.24) is 0 Å². The summed E-state index contributed by atoms with van der Waals surface area (Å²) in [6, 6.07) is 5.47. The lowest BCUT2D eigenvalue weighted by Gasteiger charge is -2.02. The average molecular weight is 230 g/mol. The van der Waals surface area contributed by atoms with Gasteiger partial charge in [-0.3, -0.25) is 14.9 Å². The van der Waals surface area contributed by atoms with E-state index in [9.17, 15) is 14.9 Å². The molecule has 0 heterocycles. The van der Waals surface area contributed by atoms with Crippen molar-refractivity contribution in [2.45, 2.75) is 0 Å². The Kier molecular flexibility index (Phi) is 4.05. The van der Waals surface area contributed by atoms with Crippen molar-refractivity contribution in [3.05, 3.63) is 34.4 Å². The predicted octanol–water partition coefficient (Wildman–Crippen LogP) is 1.78. The topological polar surface area (TPSA) is 69.4 Å². The Hall–Kier alpha value is -1.62. The molecule has 0 fully saturated rings. The second kappa shape index (κ2) is 5.31. The molecule has 0 bridgehead atoms. The van der Waals surface area contributed by atoms with E-state index in [2.05, 4.69) is 0 Å². The molecule has 0 aliphatic heterocycles. The zero-order valence-electron chi connectivity index (χ0n) is 7.68. The van der Waals surface area contributed by atoms with E-state index in [0.717, 1.165) is 0 Å². The molecule has 0 N–H and O–H groups in total. The van der Waals surface area contributed by atoms with E-state index in [4.69, 9.17) is 16.3 Å². The first-order chi connectivity index (χ1) is 7.13. The Balaban J connectivity index is 2.57. The lowest BCUT2D eigenvalue weighted by Crippen LogP contribution is -2.12. The van der Waals surface area contributed by atoms with Gasteiger partial charge in [0.1, 0.15) is 12.4 Å². The quantitative estimate of drug-likeness (QED) is 0.438. The van der Waals surface area contributed by atoms with Crippen LogP contribution in [0.4, 0.5) is 5.69 Å². The van der Waals surface area contributed by atoms with Crippen LogP contribution >= 0.6 is 11.6 Å². The highest BCUT2D eigenvalue weighted by molar-refractivity contribution is 6.27. The van der Waals surface area contributed by atoms with E-state index >= 15 is 0 Å². The number of benzene rings is 1. The fourth-order valence-electron chi connectivity index (χ4n) is 0.866. The molecule has 0 amide bonds. The lowest BCUT2D eigenvalue weighted by atomic mass is 10.3. The molecule has 1 aromatic rings. The monoisotopic (exact) mass is 229 g/mol. The molecule has 0 aliphatic carbocycles. The van der Waals surface area contributed by atoms with Gasteiger partial charge in [-0.05, 0) is 12.1 Å². The summed E-state index contributed by atoms with van der Waals surface area (Å²) in [5.74, 6) is 0.0570. The highest BCUT2D eigenvalue weighted by Crippen LogP contribution is 2.17. The summed E-state index contributed by atoms with van der Waals surface area (Å²) in [4.78, 5) is 20.6. The highest BCUT2D eigenvalue weighted by Gasteiger charge is 2.05. The molecule has 1 rings (SSSR count). The number of nitro groups is 1. The Morgan fingerprint density at radius 2 is 2.00 bits per heavy atom. The van der Waals surface area contributed by atoms with Crippen molar-refractivity contribution >= 4 is 23.1 Å².